The maximum Gasteiger partial charge on any atom is 0.260 e. The van der Waals surface area contributed by atoms with Crippen LogP contribution in [0, 0.1) is 12.8 Å². The Kier molecular flexibility index (Phi) is 4.55. The Balaban J connectivity index is 1.72. The van der Waals surface area contributed by atoms with Crippen LogP contribution in [0.5, 0.6) is 0 Å². The molecule has 0 radical (unpaired) electrons. The molecule has 3 rings (SSSR count). The fourth-order valence-electron chi connectivity index (χ4n) is 2.45. The molecule has 0 aliphatic carbocycles. The number of hydrogen-bond donors (Lipinski definition) is 1. The summed E-state index contributed by atoms with van der Waals surface area (Å²) in [4.78, 5) is 21.2. The van der Waals surface area contributed by atoms with Gasteiger partial charge in [-0.1, -0.05) is 19.9 Å². The van der Waals surface area contributed by atoms with Gasteiger partial charge >= 0.3 is 0 Å². The molecule has 3 aromatic rings. The van der Waals surface area contributed by atoms with Crippen molar-refractivity contribution in [2.45, 2.75) is 33.6 Å². The monoisotopic (exact) mass is 323 g/mol. The predicted octanol–water partition coefficient (Wildman–Crippen LogP) is 3.27. The minimum Gasteiger partial charge on any atom is -0.306 e. The molecule has 0 aromatic carbocycles. The Morgan fingerprint density at radius 3 is 2.83 bits per heavy atom. The number of rotatable bonds is 5. The molecular weight excluding hydrogens is 302 g/mol. The molecule has 0 aliphatic heterocycles. The van der Waals surface area contributed by atoms with Crippen molar-refractivity contribution in [3.05, 3.63) is 53.6 Å². The first-order chi connectivity index (χ1) is 11.5. The molecule has 124 valence electrons. The van der Waals surface area contributed by atoms with Gasteiger partial charge in [0.25, 0.3) is 5.91 Å². The van der Waals surface area contributed by atoms with Crippen molar-refractivity contribution in [3.63, 3.8) is 0 Å². The summed E-state index contributed by atoms with van der Waals surface area (Å²) in [6.45, 7) is 6.22. The second kappa shape index (κ2) is 6.78. The summed E-state index contributed by atoms with van der Waals surface area (Å²) < 4.78 is 1.59. The van der Waals surface area contributed by atoms with Crippen LogP contribution in [0.15, 0.2) is 36.8 Å². The number of carbonyl (C=O) groups excluding carboxylic acids is 1. The van der Waals surface area contributed by atoms with Crippen LogP contribution in [-0.2, 0) is 6.42 Å². The number of pyridine rings is 1. The number of hydrogen-bond acceptors (Lipinski definition) is 4. The third kappa shape index (κ3) is 3.59. The van der Waals surface area contributed by atoms with E-state index in [4.69, 9.17) is 0 Å². The van der Waals surface area contributed by atoms with Crippen LogP contribution >= 0.6 is 0 Å². The molecule has 3 heterocycles. The molecule has 0 aliphatic rings. The lowest BCUT2D eigenvalue weighted by Crippen LogP contribution is -2.16. The Labute approximate surface area is 141 Å². The van der Waals surface area contributed by atoms with Gasteiger partial charge in [0.1, 0.15) is 5.82 Å². The molecule has 6 heteroatoms. The largest absolute Gasteiger partial charge is 0.306 e. The molecule has 0 bridgehead atoms. The number of aryl methyl sites for hydroxylation is 2. The molecule has 1 N–H and O–H groups in total. The summed E-state index contributed by atoms with van der Waals surface area (Å²) in [5.74, 6) is 0.963. The topological polar surface area (TPSA) is 72.2 Å². The second-order valence-electron chi connectivity index (χ2n) is 6.31. The highest BCUT2D eigenvalue weighted by molar-refractivity contribution is 6.04. The quantitative estimate of drug-likeness (QED) is 0.782. The van der Waals surface area contributed by atoms with Crippen molar-refractivity contribution in [3.8, 4) is 0 Å². The van der Waals surface area contributed by atoms with Gasteiger partial charge in [0.05, 0.1) is 17.5 Å². The molecule has 0 saturated carbocycles. The molecule has 0 spiro atoms. The number of amides is 1. The van der Waals surface area contributed by atoms with Gasteiger partial charge < -0.3 is 5.32 Å². The van der Waals surface area contributed by atoms with Crippen LogP contribution in [0.25, 0.3) is 5.65 Å². The van der Waals surface area contributed by atoms with Gasteiger partial charge in [-0.05, 0) is 37.3 Å². The van der Waals surface area contributed by atoms with Gasteiger partial charge in [-0.2, -0.15) is 5.10 Å². The van der Waals surface area contributed by atoms with E-state index >= 15 is 0 Å². The lowest BCUT2D eigenvalue weighted by atomic mass is 10.0. The van der Waals surface area contributed by atoms with Gasteiger partial charge in [0.15, 0.2) is 5.65 Å². The fraction of sp³-hybridized carbons (Fsp3) is 0.333. The molecule has 0 fully saturated rings. The zero-order valence-corrected chi connectivity index (χ0v) is 14.2. The maximum absolute atomic E-state index is 12.5. The van der Waals surface area contributed by atoms with Crippen LogP contribution in [0.4, 0.5) is 5.82 Å². The van der Waals surface area contributed by atoms with Crippen LogP contribution in [0.3, 0.4) is 0 Å². The first-order valence-electron chi connectivity index (χ1n) is 8.10. The highest BCUT2D eigenvalue weighted by Crippen LogP contribution is 2.13. The maximum atomic E-state index is 12.5. The van der Waals surface area contributed by atoms with Crippen molar-refractivity contribution in [1.82, 2.24) is 19.6 Å². The highest BCUT2D eigenvalue weighted by Gasteiger charge is 2.13. The predicted molar refractivity (Wildman–Crippen MR) is 93.1 cm³/mol. The van der Waals surface area contributed by atoms with E-state index < -0.39 is 0 Å². The Morgan fingerprint density at radius 1 is 1.29 bits per heavy atom. The average molecular weight is 323 g/mol. The van der Waals surface area contributed by atoms with Crippen LogP contribution < -0.4 is 5.32 Å². The molecule has 0 unspecified atom stereocenters. The van der Waals surface area contributed by atoms with Crippen molar-refractivity contribution in [2.75, 3.05) is 5.32 Å². The van der Waals surface area contributed by atoms with E-state index in [0.29, 0.717) is 23.0 Å². The Bertz CT molecular complexity index is 851. The number of anilines is 1. The van der Waals surface area contributed by atoms with Crippen LogP contribution in [0.2, 0.25) is 0 Å². The highest BCUT2D eigenvalue weighted by atomic mass is 16.1. The average Bonchev–Trinajstić information content (AvgIpc) is 3.00. The summed E-state index contributed by atoms with van der Waals surface area (Å²) >= 11 is 0. The molecule has 1 amide bonds. The first kappa shape index (κ1) is 16.1. The lowest BCUT2D eigenvalue weighted by Gasteiger charge is -2.08. The zero-order valence-electron chi connectivity index (χ0n) is 14.2. The number of nitrogens with one attached hydrogen (secondary N) is 1. The molecule has 0 saturated heterocycles. The summed E-state index contributed by atoms with van der Waals surface area (Å²) in [7, 11) is 0. The van der Waals surface area contributed by atoms with Gasteiger partial charge in [-0.3, -0.25) is 4.79 Å². The standard InChI is InChI=1S/C18H21N5O/c1-12(2)4-5-14-6-7-16(19-10-14)22-18(24)15-11-23-17(8-9-20-23)21-13(15)3/h6-12H,4-5H2,1-3H3,(H,19,22,24). The number of nitrogens with zero attached hydrogens (tertiary/aromatic N) is 4. The number of aromatic nitrogens is 4. The number of fused-ring (bicyclic) bond motifs is 1. The van der Waals surface area contributed by atoms with E-state index in [1.807, 2.05) is 25.3 Å². The molecular formula is C18H21N5O. The third-order valence-electron chi connectivity index (χ3n) is 3.89. The minimum absolute atomic E-state index is 0.236. The van der Waals surface area contributed by atoms with Gasteiger partial charge in [-0.15, -0.1) is 0 Å². The summed E-state index contributed by atoms with van der Waals surface area (Å²) in [5.41, 5.74) is 3.04. The Morgan fingerprint density at radius 2 is 2.12 bits per heavy atom. The minimum atomic E-state index is -0.236. The Hall–Kier alpha value is -2.76. The lowest BCUT2D eigenvalue weighted by molar-refractivity contribution is 0.102. The van der Waals surface area contributed by atoms with Crippen LogP contribution in [0.1, 0.15) is 41.9 Å². The van der Waals surface area contributed by atoms with Crippen molar-refractivity contribution < 1.29 is 4.79 Å². The second-order valence-corrected chi connectivity index (χ2v) is 6.31. The van der Waals surface area contributed by atoms with Crippen molar-refractivity contribution in [1.29, 1.82) is 0 Å². The fourth-order valence-corrected chi connectivity index (χ4v) is 2.45. The summed E-state index contributed by atoms with van der Waals surface area (Å²) in [5, 5.41) is 6.93. The normalized spacial score (nSPS) is 11.2. The third-order valence-corrected chi connectivity index (χ3v) is 3.89. The molecule has 0 atom stereocenters. The number of carbonyl (C=O) groups is 1. The van der Waals surface area contributed by atoms with Gasteiger partial charge in [0, 0.05) is 18.5 Å². The molecule has 24 heavy (non-hydrogen) atoms. The van der Waals surface area contributed by atoms with Gasteiger partial charge in [-0.25, -0.2) is 14.5 Å². The van der Waals surface area contributed by atoms with E-state index in [9.17, 15) is 4.79 Å². The van der Waals surface area contributed by atoms with E-state index in [2.05, 4.69) is 34.2 Å². The van der Waals surface area contributed by atoms with E-state index in [1.54, 1.807) is 23.0 Å². The SMILES string of the molecule is Cc1nc2ccnn2cc1C(=O)Nc1ccc(CCC(C)C)cn1. The summed E-state index contributed by atoms with van der Waals surface area (Å²) in [6.07, 6.45) is 7.28. The smallest absolute Gasteiger partial charge is 0.260 e. The van der Waals surface area contributed by atoms with E-state index in [-0.39, 0.29) is 5.91 Å². The van der Waals surface area contributed by atoms with Crippen molar-refractivity contribution >= 4 is 17.4 Å². The molecule has 6 nitrogen and oxygen atoms in total. The first-order valence-corrected chi connectivity index (χ1v) is 8.10. The zero-order chi connectivity index (χ0) is 17.1. The van der Waals surface area contributed by atoms with Gasteiger partial charge in [0.2, 0.25) is 0 Å². The molecule has 3 aromatic heterocycles. The van der Waals surface area contributed by atoms with Crippen molar-refractivity contribution in [2.24, 2.45) is 5.92 Å². The summed E-state index contributed by atoms with van der Waals surface area (Å²) in [6, 6.07) is 5.64. The van der Waals surface area contributed by atoms with E-state index in [1.165, 1.54) is 5.56 Å². The van der Waals surface area contributed by atoms with Crippen LogP contribution in [-0.4, -0.2) is 25.5 Å². The van der Waals surface area contributed by atoms with E-state index in [0.717, 1.165) is 18.5 Å².